The van der Waals surface area contributed by atoms with Gasteiger partial charge in [0.15, 0.2) is 0 Å². The van der Waals surface area contributed by atoms with Crippen molar-refractivity contribution < 1.29 is 4.79 Å². The minimum absolute atomic E-state index is 0.0102. The summed E-state index contributed by atoms with van der Waals surface area (Å²) in [6.07, 6.45) is 0.417. The number of hydrogen-bond acceptors (Lipinski definition) is 2. The molecule has 2 aromatic rings. The SMILES string of the molecule is O=C(CCNCc1ccccc1Cl)Nc1ccc(Br)cc1. The molecular weight excluding hydrogens is 352 g/mol. The van der Waals surface area contributed by atoms with Crippen molar-refractivity contribution in [2.24, 2.45) is 0 Å². The van der Waals surface area contributed by atoms with Crippen LogP contribution in [0.2, 0.25) is 5.02 Å². The second kappa shape index (κ2) is 8.17. The number of anilines is 1. The van der Waals surface area contributed by atoms with E-state index in [1.54, 1.807) is 0 Å². The first kappa shape index (κ1) is 16.0. The van der Waals surface area contributed by atoms with Crippen LogP contribution in [-0.2, 0) is 11.3 Å². The first-order valence-electron chi connectivity index (χ1n) is 6.65. The lowest BCUT2D eigenvalue weighted by Gasteiger charge is -2.07. The Kier molecular flexibility index (Phi) is 6.23. The molecule has 0 radical (unpaired) electrons. The Morgan fingerprint density at radius 1 is 1.10 bits per heavy atom. The van der Waals surface area contributed by atoms with Crippen molar-refractivity contribution in [3.05, 3.63) is 63.6 Å². The molecule has 21 heavy (non-hydrogen) atoms. The van der Waals surface area contributed by atoms with Crippen LogP contribution < -0.4 is 10.6 Å². The van der Waals surface area contributed by atoms with Crippen LogP contribution in [0.4, 0.5) is 5.69 Å². The molecule has 0 unspecified atom stereocenters. The summed E-state index contributed by atoms with van der Waals surface area (Å²) in [6, 6.07) is 15.2. The number of hydrogen-bond donors (Lipinski definition) is 2. The van der Waals surface area contributed by atoms with Gasteiger partial charge in [0.05, 0.1) is 0 Å². The second-order valence-corrected chi connectivity index (χ2v) is 5.90. The summed E-state index contributed by atoms with van der Waals surface area (Å²) < 4.78 is 0.988. The first-order valence-corrected chi connectivity index (χ1v) is 7.82. The van der Waals surface area contributed by atoms with Gasteiger partial charge in [-0.05, 0) is 35.9 Å². The van der Waals surface area contributed by atoms with Crippen molar-refractivity contribution in [1.82, 2.24) is 5.32 Å². The zero-order chi connectivity index (χ0) is 15.1. The van der Waals surface area contributed by atoms with Crippen LogP contribution in [0.25, 0.3) is 0 Å². The van der Waals surface area contributed by atoms with Gasteiger partial charge < -0.3 is 10.6 Å². The zero-order valence-corrected chi connectivity index (χ0v) is 13.7. The number of carbonyl (C=O) groups is 1. The number of halogens is 2. The topological polar surface area (TPSA) is 41.1 Å². The summed E-state index contributed by atoms with van der Waals surface area (Å²) in [5.74, 6) is -0.0102. The summed E-state index contributed by atoms with van der Waals surface area (Å²) in [5.41, 5.74) is 1.83. The van der Waals surface area contributed by atoms with E-state index in [4.69, 9.17) is 11.6 Å². The van der Waals surface area contributed by atoms with Crippen LogP contribution in [0.5, 0.6) is 0 Å². The Balaban J connectivity index is 1.70. The maximum absolute atomic E-state index is 11.8. The van der Waals surface area contributed by atoms with Crippen molar-refractivity contribution >= 4 is 39.1 Å². The van der Waals surface area contributed by atoms with Gasteiger partial charge in [0.2, 0.25) is 5.91 Å². The zero-order valence-electron chi connectivity index (χ0n) is 11.4. The van der Waals surface area contributed by atoms with Gasteiger partial charge in [0.1, 0.15) is 0 Å². The van der Waals surface area contributed by atoms with E-state index in [1.807, 2.05) is 48.5 Å². The van der Waals surface area contributed by atoms with Gasteiger partial charge in [-0.1, -0.05) is 45.7 Å². The van der Waals surface area contributed by atoms with Gasteiger partial charge in [-0.3, -0.25) is 4.79 Å². The fourth-order valence-electron chi connectivity index (χ4n) is 1.82. The summed E-state index contributed by atoms with van der Waals surface area (Å²) >= 11 is 9.42. The van der Waals surface area contributed by atoms with E-state index in [0.29, 0.717) is 19.5 Å². The number of rotatable bonds is 6. The van der Waals surface area contributed by atoms with E-state index in [9.17, 15) is 4.79 Å². The van der Waals surface area contributed by atoms with Gasteiger partial charge in [-0.15, -0.1) is 0 Å². The van der Waals surface area contributed by atoms with Crippen LogP contribution >= 0.6 is 27.5 Å². The van der Waals surface area contributed by atoms with E-state index in [-0.39, 0.29) is 5.91 Å². The number of nitrogens with one attached hydrogen (secondary N) is 2. The quantitative estimate of drug-likeness (QED) is 0.751. The Morgan fingerprint density at radius 3 is 2.52 bits per heavy atom. The molecular formula is C16H16BrClN2O. The third-order valence-electron chi connectivity index (χ3n) is 2.93. The molecule has 0 aromatic heterocycles. The van der Waals surface area contributed by atoms with Gasteiger partial charge in [-0.25, -0.2) is 0 Å². The highest BCUT2D eigenvalue weighted by atomic mass is 79.9. The van der Waals surface area contributed by atoms with Gasteiger partial charge in [0.25, 0.3) is 0 Å². The molecule has 110 valence electrons. The third kappa shape index (κ3) is 5.50. The van der Waals surface area contributed by atoms with Gasteiger partial charge in [0, 0.05) is 34.7 Å². The molecule has 2 rings (SSSR count). The summed E-state index contributed by atoms with van der Waals surface area (Å²) in [7, 11) is 0. The van der Waals surface area contributed by atoms with Crippen LogP contribution in [-0.4, -0.2) is 12.5 Å². The number of amides is 1. The number of benzene rings is 2. The van der Waals surface area contributed by atoms with Crippen molar-refractivity contribution in [3.63, 3.8) is 0 Å². The Bertz CT molecular complexity index is 601. The molecule has 2 aromatic carbocycles. The molecule has 0 heterocycles. The van der Waals surface area contributed by atoms with Crippen LogP contribution in [0.1, 0.15) is 12.0 Å². The standard InChI is InChI=1S/C16H16BrClN2O/c17-13-5-7-14(8-6-13)20-16(21)9-10-19-11-12-3-1-2-4-15(12)18/h1-8,19H,9-11H2,(H,20,21). The van der Waals surface area contributed by atoms with E-state index in [0.717, 1.165) is 20.7 Å². The first-order chi connectivity index (χ1) is 10.1. The molecule has 0 aliphatic carbocycles. The fourth-order valence-corrected chi connectivity index (χ4v) is 2.29. The van der Waals surface area contributed by atoms with Crippen molar-refractivity contribution in [2.45, 2.75) is 13.0 Å². The van der Waals surface area contributed by atoms with E-state index < -0.39 is 0 Å². The van der Waals surface area contributed by atoms with Crippen molar-refractivity contribution in [1.29, 1.82) is 0 Å². The summed E-state index contributed by atoms with van der Waals surface area (Å²) in [4.78, 5) is 11.8. The molecule has 0 spiro atoms. The average Bonchev–Trinajstić information content (AvgIpc) is 2.48. The van der Waals surface area contributed by atoms with Crippen molar-refractivity contribution in [2.75, 3.05) is 11.9 Å². The molecule has 0 saturated heterocycles. The van der Waals surface area contributed by atoms with E-state index in [2.05, 4.69) is 26.6 Å². The molecule has 0 fully saturated rings. The molecule has 0 aliphatic heterocycles. The van der Waals surface area contributed by atoms with Gasteiger partial charge >= 0.3 is 0 Å². The lowest BCUT2D eigenvalue weighted by Crippen LogP contribution is -2.21. The maximum atomic E-state index is 11.8. The molecule has 0 bridgehead atoms. The molecule has 5 heteroatoms. The van der Waals surface area contributed by atoms with E-state index in [1.165, 1.54) is 0 Å². The predicted octanol–water partition coefficient (Wildman–Crippen LogP) is 4.22. The maximum Gasteiger partial charge on any atom is 0.225 e. The lowest BCUT2D eigenvalue weighted by atomic mass is 10.2. The Labute approximate surface area is 137 Å². The monoisotopic (exact) mass is 366 g/mol. The van der Waals surface area contributed by atoms with Gasteiger partial charge in [-0.2, -0.15) is 0 Å². The number of carbonyl (C=O) groups excluding carboxylic acids is 1. The molecule has 0 atom stereocenters. The average molecular weight is 368 g/mol. The summed E-state index contributed by atoms with van der Waals surface area (Å²) in [5, 5.41) is 6.81. The highest BCUT2D eigenvalue weighted by Crippen LogP contribution is 2.15. The normalized spacial score (nSPS) is 10.4. The van der Waals surface area contributed by atoms with Crippen LogP contribution in [0.3, 0.4) is 0 Å². The van der Waals surface area contributed by atoms with E-state index >= 15 is 0 Å². The second-order valence-electron chi connectivity index (χ2n) is 4.57. The Morgan fingerprint density at radius 2 is 1.81 bits per heavy atom. The molecule has 0 aliphatic rings. The highest BCUT2D eigenvalue weighted by molar-refractivity contribution is 9.10. The molecule has 3 nitrogen and oxygen atoms in total. The minimum Gasteiger partial charge on any atom is -0.326 e. The minimum atomic E-state index is -0.0102. The lowest BCUT2D eigenvalue weighted by molar-refractivity contribution is -0.116. The smallest absolute Gasteiger partial charge is 0.225 e. The summed E-state index contributed by atoms with van der Waals surface area (Å²) in [6.45, 7) is 1.26. The van der Waals surface area contributed by atoms with Crippen LogP contribution in [0.15, 0.2) is 53.0 Å². The fraction of sp³-hybridized carbons (Fsp3) is 0.188. The van der Waals surface area contributed by atoms with Crippen molar-refractivity contribution in [3.8, 4) is 0 Å². The largest absolute Gasteiger partial charge is 0.326 e. The molecule has 1 amide bonds. The Hall–Kier alpha value is -1.36. The third-order valence-corrected chi connectivity index (χ3v) is 3.83. The van der Waals surface area contributed by atoms with Crippen LogP contribution in [0, 0.1) is 0 Å². The molecule has 0 saturated carbocycles. The highest BCUT2D eigenvalue weighted by Gasteiger charge is 2.03. The molecule has 2 N–H and O–H groups in total. The predicted molar refractivity (Wildman–Crippen MR) is 90.5 cm³/mol.